The van der Waals surface area contributed by atoms with Gasteiger partial charge in [-0.1, -0.05) is 29.8 Å². The smallest absolute Gasteiger partial charge is 0.265 e. The summed E-state index contributed by atoms with van der Waals surface area (Å²) in [6.45, 7) is 0.0989. The number of benzene rings is 3. The molecule has 1 aliphatic heterocycles. The molecule has 0 aliphatic carbocycles. The van der Waals surface area contributed by atoms with Gasteiger partial charge in [0.05, 0.1) is 31.3 Å². The highest BCUT2D eigenvalue weighted by molar-refractivity contribution is 7.92. The Morgan fingerprint density at radius 3 is 2.43 bits per heavy atom. The van der Waals surface area contributed by atoms with Crippen LogP contribution >= 0.6 is 11.6 Å². The first-order valence-electron chi connectivity index (χ1n) is 10.7. The number of amides is 1. The van der Waals surface area contributed by atoms with E-state index in [1.807, 2.05) is 6.07 Å². The molecule has 10 heteroatoms. The fourth-order valence-corrected chi connectivity index (χ4v) is 5.47. The number of hydrogen-bond acceptors (Lipinski definition) is 6. The summed E-state index contributed by atoms with van der Waals surface area (Å²) in [6, 6.07) is 18.0. The zero-order valence-electron chi connectivity index (χ0n) is 19.5. The van der Waals surface area contributed by atoms with Crippen molar-refractivity contribution in [1.29, 1.82) is 0 Å². The number of methoxy groups -OCH3 is 2. The Morgan fingerprint density at radius 1 is 1.06 bits per heavy atom. The lowest BCUT2D eigenvalue weighted by molar-refractivity contribution is -0.137. The molecule has 0 aromatic heterocycles. The molecule has 1 unspecified atom stereocenters. The quantitative estimate of drug-likeness (QED) is 0.472. The molecule has 0 bridgehead atoms. The van der Waals surface area contributed by atoms with Gasteiger partial charge in [-0.2, -0.15) is 0 Å². The van der Waals surface area contributed by atoms with Crippen molar-refractivity contribution in [2.45, 2.75) is 17.5 Å². The van der Waals surface area contributed by atoms with E-state index < -0.39 is 16.1 Å². The molecule has 1 atom stereocenters. The summed E-state index contributed by atoms with van der Waals surface area (Å²) >= 11 is 5.94. The van der Waals surface area contributed by atoms with Crippen LogP contribution in [0.2, 0.25) is 5.02 Å². The van der Waals surface area contributed by atoms with Gasteiger partial charge in [0.2, 0.25) is 0 Å². The number of fused-ring (bicyclic) bond motifs is 1. The number of ether oxygens (including phenoxy) is 3. The second kappa shape index (κ2) is 10.1. The molecule has 8 nitrogen and oxygen atoms in total. The number of halogens is 1. The highest BCUT2D eigenvalue weighted by Crippen LogP contribution is 2.37. The van der Waals surface area contributed by atoms with E-state index >= 15 is 0 Å². The van der Waals surface area contributed by atoms with Crippen molar-refractivity contribution in [3.8, 4) is 17.2 Å². The molecule has 1 amide bonds. The maximum atomic E-state index is 13.5. The molecule has 4 rings (SSSR count). The Bertz CT molecular complexity index is 1330. The third-order valence-electron chi connectivity index (χ3n) is 5.66. The fraction of sp³-hybridized carbons (Fsp3) is 0.240. The van der Waals surface area contributed by atoms with E-state index in [1.165, 1.54) is 33.5 Å². The second-order valence-electron chi connectivity index (χ2n) is 7.95. The third-order valence-corrected chi connectivity index (χ3v) is 7.70. The molecule has 1 aliphatic rings. The summed E-state index contributed by atoms with van der Waals surface area (Å²) in [5.41, 5.74) is 1.19. The van der Waals surface area contributed by atoms with E-state index in [4.69, 9.17) is 25.8 Å². The lowest BCUT2D eigenvalue weighted by Crippen LogP contribution is -2.50. The van der Waals surface area contributed by atoms with Crippen molar-refractivity contribution < 1.29 is 27.4 Å². The monoisotopic (exact) mass is 516 g/mol. The molecule has 0 spiro atoms. The molecule has 0 fully saturated rings. The van der Waals surface area contributed by atoms with Crippen LogP contribution < -0.4 is 18.5 Å². The third kappa shape index (κ3) is 5.01. The summed E-state index contributed by atoms with van der Waals surface area (Å²) in [6.07, 6.45) is -1.03. The zero-order valence-corrected chi connectivity index (χ0v) is 21.0. The SMILES string of the molecule is COc1ccc(CN(C)C(=O)C2CN(S(=O)(=O)c3ccc(Cl)cc3)c3ccccc3O2)cc1OC. The first-order valence-corrected chi connectivity index (χ1v) is 12.6. The van der Waals surface area contributed by atoms with Crippen LogP contribution in [0.3, 0.4) is 0 Å². The van der Waals surface area contributed by atoms with Crippen LogP contribution in [0.5, 0.6) is 17.2 Å². The Morgan fingerprint density at radius 2 is 1.74 bits per heavy atom. The predicted octanol–water partition coefficient (Wildman–Crippen LogP) is 3.97. The lowest BCUT2D eigenvalue weighted by Gasteiger charge is -2.36. The van der Waals surface area contributed by atoms with Gasteiger partial charge in [0.25, 0.3) is 15.9 Å². The molecule has 0 radical (unpaired) electrons. The van der Waals surface area contributed by atoms with Crippen molar-refractivity contribution in [3.63, 3.8) is 0 Å². The van der Waals surface area contributed by atoms with E-state index in [9.17, 15) is 13.2 Å². The number of sulfonamides is 1. The number of nitrogens with zero attached hydrogens (tertiary/aromatic N) is 2. The maximum absolute atomic E-state index is 13.5. The van der Waals surface area contributed by atoms with E-state index in [0.29, 0.717) is 28.0 Å². The van der Waals surface area contributed by atoms with Crippen molar-refractivity contribution in [2.75, 3.05) is 32.1 Å². The summed E-state index contributed by atoms with van der Waals surface area (Å²) in [5.74, 6) is 1.09. The number of anilines is 1. The molecule has 3 aromatic carbocycles. The van der Waals surface area contributed by atoms with E-state index in [1.54, 1.807) is 57.7 Å². The minimum atomic E-state index is -3.97. The number of rotatable bonds is 7. The Kier molecular flexibility index (Phi) is 7.09. The van der Waals surface area contributed by atoms with E-state index in [-0.39, 0.29) is 23.9 Å². The van der Waals surface area contributed by atoms with Gasteiger partial charge in [0.1, 0.15) is 5.75 Å². The molecule has 184 valence electrons. The van der Waals surface area contributed by atoms with Gasteiger partial charge in [-0.3, -0.25) is 9.10 Å². The van der Waals surface area contributed by atoms with Crippen molar-refractivity contribution >= 4 is 33.2 Å². The van der Waals surface area contributed by atoms with Crippen LogP contribution in [0.15, 0.2) is 71.6 Å². The standard InChI is InChI=1S/C25H25ClN2O6S/c1-27(15-17-8-13-22(32-2)23(14-17)33-3)25(29)24-16-28(20-6-4-5-7-21(20)34-24)35(30,31)19-11-9-18(26)10-12-19/h4-14,24H,15-16H2,1-3H3. The van der Waals surface area contributed by atoms with Crippen LogP contribution in [0.25, 0.3) is 0 Å². The second-order valence-corrected chi connectivity index (χ2v) is 10.2. The van der Waals surface area contributed by atoms with Gasteiger partial charge in [0.15, 0.2) is 17.6 Å². The van der Waals surface area contributed by atoms with Crippen molar-refractivity contribution in [2.24, 2.45) is 0 Å². The molecule has 0 saturated carbocycles. The normalized spacial score (nSPS) is 15.1. The number of para-hydroxylation sites is 2. The molecule has 0 N–H and O–H groups in total. The van der Waals surface area contributed by atoms with Crippen LogP contribution in [0, 0.1) is 0 Å². The molecule has 35 heavy (non-hydrogen) atoms. The van der Waals surface area contributed by atoms with E-state index in [0.717, 1.165) is 5.56 Å². The largest absolute Gasteiger partial charge is 0.493 e. The summed E-state index contributed by atoms with van der Waals surface area (Å²) in [5, 5.41) is 0.427. The van der Waals surface area contributed by atoms with Gasteiger partial charge < -0.3 is 19.1 Å². The van der Waals surface area contributed by atoms with Gasteiger partial charge in [-0.15, -0.1) is 0 Å². The van der Waals surface area contributed by atoms with E-state index in [2.05, 4.69) is 0 Å². The van der Waals surface area contributed by atoms with Gasteiger partial charge in [-0.25, -0.2) is 8.42 Å². The van der Waals surface area contributed by atoms with Gasteiger partial charge in [-0.05, 0) is 54.1 Å². The minimum Gasteiger partial charge on any atom is -0.493 e. The van der Waals surface area contributed by atoms with Gasteiger partial charge >= 0.3 is 0 Å². The molecule has 0 saturated heterocycles. The average Bonchev–Trinajstić information content (AvgIpc) is 2.87. The van der Waals surface area contributed by atoms with Gasteiger partial charge in [0, 0.05) is 18.6 Å². The molecule has 3 aromatic rings. The van der Waals surface area contributed by atoms with Crippen molar-refractivity contribution in [3.05, 3.63) is 77.3 Å². The maximum Gasteiger partial charge on any atom is 0.265 e. The number of likely N-dealkylation sites (N-methyl/N-ethyl adjacent to an activating group) is 1. The van der Waals surface area contributed by atoms with Crippen LogP contribution in [-0.2, 0) is 21.4 Å². The highest BCUT2D eigenvalue weighted by Gasteiger charge is 2.38. The topological polar surface area (TPSA) is 85.4 Å². The Labute approximate surface area is 209 Å². The number of carbonyl (C=O) groups is 1. The van der Waals surface area contributed by atoms with Crippen LogP contribution in [0.4, 0.5) is 5.69 Å². The fourth-order valence-electron chi connectivity index (χ4n) is 3.87. The summed E-state index contributed by atoms with van der Waals surface area (Å²) < 4.78 is 44.8. The average molecular weight is 517 g/mol. The predicted molar refractivity (Wildman–Crippen MR) is 133 cm³/mol. The Hall–Kier alpha value is -3.43. The number of carbonyl (C=O) groups excluding carboxylic acids is 1. The lowest BCUT2D eigenvalue weighted by atomic mass is 10.1. The van der Waals surface area contributed by atoms with Crippen LogP contribution in [-0.4, -0.2) is 53.1 Å². The highest BCUT2D eigenvalue weighted by atomic mass is 35.5. The summed E-state index contributed by atoms with van der Waals surface area (Å²) in [4.78, 5) is 14.9. The first kappa shape index (κ1) is 24.7. The Balaban J connectivity index is 1.60. The summed E-state index contributed by atoms with van der Waals surface area (Å²) in [7, 11) is 0.765. The minimum absolute atomic E-state index is 0.0727. The molecule has 1 heterocycles. The zero-order chi connectivity index (χ0) is 25.2. The molecular weight excluding hydrogens is 492 g/mol. The number of hydrogen-bond donors (Lipinski definition) is 0. The molecular formula is C25H25ClN2O6S. The van der Waals surface area contributed by atoms with Crippen LogP contribution in [0.1, 0.15) is 5.56 Å². The van der Waals surface area contributed by atoms with Crippen molar-refractivity contribution in [1.82, 2.24) is 4.90 Å². The first-order chi connectivity index (χ1) is 16.7.